The molecule has 1 N–H and O–H groups in total. The minimum Gasteiger partial charge on any atom is -0.456 e. The maximum absolute atomic E-state index is 10.9. The van der Waals surface area contributed by atoms with Crippen LogP contribution in [0.2, 0.25) is 10.0 Å². The Labute approximate surface area is 121 Å². The van der Waals surface area contributed by atoms with Gasteiger partial charge in [0.05, 0.1) is 5.02 Å². The fourth-order valence-corrected chi connectivity index (χ4v) is 1.84. The molecule has 0 aromatic heterocycles. The Morgan fingerprint density at radius 1 is 1.11 bits per heavy atom. The molecule has 1 amide bonds. The molecular weight excluding hydrogens is 285 g/mol. The van der Waals surface area contributed by atoms with Crippen LogP contribution in [0, 0.1) is 0 Å². The van der Waals surface area contributed by atoms with E-state index in [-0.39, 0.29) is 5.91 Å². The van der Waals surface area contributed by atoms with E-state index in [0.717, 1.165) is 0 Å². The Balaban J connectivity index is 2.17. The van der Waals surface area contributed by atoms with Crippen LogP contribution in [0.1, 0.15) is 6.92 Å². The number of anilines is 1. The average Bonchev–Trinajstić information content (AvgIpc) is 2.34. The lowest BCUT2D eigenvalue weighted by Gasteiger charge is -2.09. The quantitative estimate of drug-likeness (QED) is 0.888. The Morgan fingerprint density at radius 3 is 2.37 bits per heavy atom. The molecule has 0 spiro atoms. The maximum Gasteiger partial charge on any atom is 0.221 e. The van der Waals surface area contributed by atoms with Crippen molar-refractivity contribution in [3.05, 3.63) is 52.5 Å². The molecule has 0 atom stereocenters. The summed E-state index contributed by atoms with van der Waals surface area (Å²) in [6.07, 6.45) is 0. The molecule has 0 fully saturated rings. The van der Waals surface area contributed by atoms with E-state index in [9.17, 15) is 4.79 Å². The molecular formula is C14H11Cl2NO2. The van der Waals surface area contributed by atoms with E-state index in [4.69, 9.17) is 27.9 Å². The Kier molecular flexibility index (Phi) is 4.30. The molecule has 2 aromatic carbocycles. The second-order valence-electron chi connectivity index (χ2n) is 3.88. The van der Waals surface area contributed by atoms with E-state index in [1.165, 1.54) is 6.92 Å². The summed E-state index contributed by atoms with van der Waals surface area (Å²) in [5.41, 5.74) is 0.626. The number of halogens is 2. The van der Waals surface area contributed by atoms with E-state index >= 15 is 0 Å². The van der Waals surface area contributed by atoms with Crippen LogP contribution in [-0.4, -0.2) is 5.91 Å². The zero-order valence-electron chi connectivity index (χ0n) is 10.1. The van der Waals surface area contributed by atoms with Crippen LogP contribution in [0.25, 0.3) is 0 Å². The maximum atomic E-state index is 10.9. The number of carbonyl (C=O) groups excluding carboxylic acids is 1. The Morgan fingerprint density at radius 2 is 1.79 bits per heavy atom. The average molecular weight is 296 g/mol. The van der Waals surface area contributed by atoms with Crippen molar-refractivity contribution in [2.75, 3.05) is 5.32 Å². The molecule has 98 valence electrons. The predicted molar refractivity (Wildman–Crippen MR) is 77.3 cm³/mol. The van der Waals surface area contributed by atoms with Crippen molar-refractivity contribution in [3.63, 3.8) is 0 Å². The molecule has 0 saturated heterocycles. The highest BCUT2D eigenvalue weighted by atomic mass is 35.5. The summed E-state index contributed by atoms with van der Waals surface area (Å²) in [7, 11) is 0. The van der Waals surface area contributed by atoms with Gasteiger partial charge in [-0.1, -0.05) is 23.2 Å². The lowest BCUT2D eigenvalue weighted by atomic mass is 10.3. The third-order valence-electron chi connectivity index (χ3n) is 2.29. The van der Waals surface area contributed by atoms with Crippen LogP contribution < -0.4 is 10.1 Å². The number of amides is 1. The summed E-state index contributed by atoms with van der Waals surface area (Å²) in [5.74, 6) is 0.999. The van der Waals surface area contributed by atoms with Crippen molar-refractivity contribution in [1.29, 1.82) is 0 Å². The standard InChI is InChI=1S/C14H11Cl2NO2/c1-9(18)17-11-4-7-14(13(16)8-11)19-12-5-2-10(15)3-6-12/h2-8H,1H3,(H,17,18). The first-order chi connectivity index (χ1) is 9.04. The van der Waals surface area contributed by atoms with E-state index in [2.05, 4.69) is 5.32 Å². The first-order valence-electron chi connectivity index (χ1n) is 5.55. The molecule has 3 nitrogen and oxygen atoms in total. The molecule has 0 heterocycles. The normalized spacial score (nSPS) is 10.1. The summed E-state index contributed by atoms with van der Waals surface area (Å²) in [6, 6.07) is 12.0. The van der Waals surface area contributed by atoms with Crippen molar-refractivity contribution in [3.8, 4) is 11.5 Å². The SMILES string of the molecule is CC(=O)Nc1ccc(Oc2ccc(Cl)cc2)c(Cl)c1. The molecule has 0 radical (unpaired) electrons. The monoisotopic (exact) mass is 295 g/mol. The first kappa shape index (κ1) is 13.7. The number of benzene rings is 2. The molecule has 0 saturated carbocycles. The number of hydrogen-bond donors (Lipinski definition) is 1. The van der Waals surface area contributed by atoms with Crippen molar-refractivity contribution < 1.29 is 9.53 Å². The van der Waals surface area contributed by atoms with E-state index < -0.39 is 0 Å². The summed E-state index contributed by atoms with van der Waals surface area (Å²) >= 11 is 11.9. The van der Waals surface area contributed by atoms with Crippen LogP contribution >= 0.6 is 23.2 Å². The molecule has 2 rings (SSSR count). The molecule has 19 heavy (non-hydrogen) atoms. The third kappa shape index (κ3) is 3.88. The largest absolute Gasteiger partial charge is 0.456 e. The molecule has 0 aliphatic rings. The van der Waals surface area contributed by atoms with E-state index in [0.29, 0.717) is 27.2 Å². The highest BCUT2D eigenvalue weighted by Gasteiger charge is 2.05. The van der Waals surface area contributed by atoms with Gasteiger partial charge >= 0.3 is 0 Å². The summed E-state index contributed by atoms with van der Waals surface area (Å²) in [6.45, 7) is 1.44. The topological polar surface area (TPSA) is 38.3 Å². The Hall–Kier alpha value is -1.71. The van der Waals surface area contributed by atoms with Crippen LogP contribution in [0.3, 0.4) is 0 Å². The molecule has 0 aliphatic heterocycles. The number of carbonyl (C=O) groups is 1. The molecule has 2 aromatic rings. The summed E-state index contributed by atoms with van der Waals surface area (Å²) in [4.78, 5) is 10.9. The van der Waals surface area contributed by atoms with Gasteiger partial charge in [0, 0.05) is 17.6 Å². The lowest BCUT2D eigenvalue weighted by Crippen LogP contribution is -2.05. The van der Waals surface area contributed by atoms with E-state index in [1.54, 1.807) is 42.5 Å². The number of rotatable bonds is 3. The summed E-state index contributed by atoms with van der Waals surface area (Å²) < 4.78 is 5.62. The number of ether oxygens (including phenoxy) is 1. The minimum absolute atomic E-state index is 0.151. The van der Waals surface area contributed by atoms with Crippen LogP contribution in [0.15, 0.2) is 42.5 Å². The number of nitrogens with one attached hydrogen (secondary N) is 1. The smallest absolute Gasteiger partial charge is 0.221 e. The molecule has 5 heteroatoms. The van der Waals surface area contributed by atoms with Crippen molar-refractivity contribution >= 4 is 34.8 Å². The minimum atomic E-state index is -0.151. The van der Waals surface area contributed by atoms with Gasteiger partial charge in [0.2, 0.25) is 5.91 Å². The second kappa shape index (κ2) is 5.95. The highest BCUT2D eigenvalue weighted by molar-refractivity contribution is 6.32. The second-order valence-corrected chi connectivity index (χ2v) is 4.73. The lowest BCUT2D eigenvalue weighted by molar-refractivity contribution is -0.114. The molecule has 0 unspecified atom stereocenters. The summed E-state index contributed by atoms with van der Waals surface area (Å²) in [5, 5.41) is 3.70. The van der Waals surface area contributed by atoms with Crippen LogP contribution in [0.4, 0.5) is 5.69 Å². The Bertz CT molecular complexity index is 597. The number of hydrogen-bond acceptors (Lipinski definition) is 2. The van der Waals surface area contributed by atoms with Gasteiger partial charge in [-0.3, -0.25) is 4.79 Å². The van der Waals surface area contributed by atoms with Crippen LogP contribution in [-0.2, 0) is 4.79 Å². The fraction of sp³-hybridized carbons (Fsp3) is 0.0714. The van der Waals surface area contributed by atoms with E-state index in [1.807, 2.05) is 0 Å². The van der Waals surface area contributed by atoms with Crippen molar-refractivity contribution in [1.82, 2.24) is 0 Å². The zero-order chi connectivity index (χ0) is 13.8. The van der Waals surface area contributed by atoms with Crippen molar-refractivity contribution in [2.45, 2.75) is 6.92 Å². The van der Waals surface area contributed by atoms with Gasteiger partial charge < -0.3 is 10.1 Å². The highest BCUT2D eigenvalue weighted by Crippen LogP contribution is 2.32. The van der Waals surface area contributed by atoms with Gasteiger partial charge in [-0.15, -0.1) is 0 Å². The van der Waals surface area contributed by atoms with Gasteiger partial charge in [-0.2, -0.15) is 0 Å². The van der Waals surface area contributed by atoms with Crippen LogP contribution in [0.5, 0.6) is 11.5 Å². The fourth-order valence-electron chi connectivity index (χ4n) is 1.49. The third-order valence-corrected chi connectivity index (χ3v) is 2.84. The van der Waals surface area contributed by atoms with Crippen molar-refractivity contribution in [2.24, 2.45) is 0 Å². The van der Waals surface area contributed by atoms with Gasteiger partial charge in [0.25, 0.3) is 0 Å². The zero-order valence-corrected chi connectivity index (χ0v) is 11.6. The van der Waals surface area contributed by atoms with Gasteiger partial charge in [0.15, 0.2) is 0 Å². The molecule has 0 bridgehead atoms. The van der Waals surface area contributed by atoms with Gasteiger partial charge in [0.1, 0.15) is 11.5 Å². The van der Waals surface area contributed by atoms with Gasteiger partial charge in [-0.25, -0.2) is 0 Å². The molecule has 0 aliphatic carbocycles. The van der Waals surface area contributed by atoms with Gasteiger partial charge in [-0.05, 0) is 42.5 Å². The predicted octanol–water partition coefficient (Wildman–Crippen LogP) is 4.74. The first-order valence-corrected chi connectivity index (χ1v) is 6.31.